The van der Waals surface area contributed by atoms with Gasteiger partial charge in [-0.25, -0.2) is 14.1 Å². The molecule has 0 bridgehead atoms. The number of likely N-dealkylation sites (tertiary alicyclic amines) is 1. The van der Waals surface area contributed by atoms with Crippen LogP contribution in [0.5, 0.6) is 5.75 Å². The van der Waals surface area contributed by atoms with Crippen LogP contribution >= 0.6 is 7.75 Å². The highest BCUT2D eigenvalue weighted by Gasteiger charge is 2.62. The normalized spacial score (nSPS) is 25.1. The number of nitriles is 1. The molecule has 3 N–H and O–H groups in total. The van der Waals surface area contributed by atoms with E-state index >= 15 is 0 Å². The second-order valence-corrected chi connectivity index (χ2v) is 15.1. The largest absolute Gasteiger partial charge is 0.460 e. The van der Waals surface area contributed by atoms with Crippen molar-refractivity contribution in [3.05, 3.63) is 54.5 Å². The Morgan fingerprint density at radius 3 is 2.38 bits per heavy atom. The van der Waals surface area contributed by atoms with E-state index in [1.807, 2.05) is 18.0 Å². The van der Waals surface area contributed by atoms with Crippen molar-refractivity contribution in [2.75, 3.05) is 32.5 Å². The van der Waals surface area contributed by atoms with E-state index in [1.165, 1.54) is 29.9 Å². The van der Waals surface area contributed by atoms with Gasteiger partial charge in [0.25, 0.3) is 0 Å². The minimum atomic E-state index is -4.57. The van der Waals surface area contributed by atoms with Gasteiger partial charge in [0.2, 0.25) is 5.60 Å². The number of carbonyl (C=O) groups is 3. The second-order valence-electron chi connectivity index (χ2n) is 13.4. The van der Waals surface area contributed by atoms with Gasteiger partial charge in [-0.15, -0.1) is 0 Å². The van der Waals surface area contributed by atoms with Gasteiger partial charge < -0.3 is 34.1 Å². The van der Waals surface area contributed by atoms with Crippen LogP contribution in [0.2, 0.25) is 0 Å². The molecule has 2 aromatic heterocycles. The number of fused-ring (bicyclic) bond motifs is 1. The lowest BCUT2D eigenvalue weighted by molar-refractivity contribution is -0.173. The van der Waals surface area contributed by atoms with Crippen LogP contribution in [-0.4, -0.2) is 94.1 Å². The van der Waals surface area contributed by atoms with E-state index in [9.17, 15) is 24.2 Å². The molecule has 280 valence electrons. The number of anilines is 1. The molecule has 2 saturated heterocycles. The number of likely N-dealkylation sites (N-methyl/N-ethyl adjacent to an activating group) is 1. The van der Waals surface area contributed by atoms with Crippen LogP contribution in [-0.2, 0) is 42.4 Å². The Bertz CT molecular complexity index is 1850. The van der Waals surface area contributed by atoms with Crippen LogP contribution in [0, 0.1) is 23.2 Å². The Hall–Kier alpha value is -4.59. The minimum Gasteiger partial charge on any atom is -0.460 e. The SMILES string of the molecule is CC(C)C(=O)O[C@H]1[C@H](c2ccc3c(N)ncnn23)O[C@](C#N)(CO[P@](=O)(N[C@@H](C)C(=O)O[C@H]2CCN(C)C2)Oc2ccccc2)[C@H]1OC(=O)C(C)C. The van der Waals surface area contributed by atoms with Crippen molar-refractivity contribution in [1.29, 1.82) is 5.26 Å². The first-order valence-corrected chi connectivity index (χ1v) is 18.4. The quantitative estimate of drug-likeness (QED) is 0.138. The Morgan fingerprint density at radius 1 is 1.06 bits per heavy atom. The van der Waals surface area contributed by atoms with Gasteiger partial charge in [0.05, 0.1) is 17.5 Å². The fourth-order valence-electron chi connectivity index (χ4n) is 5.70. The number of para-hydroxylation sites is 1. The molecule has 5 rings (SSSR count). The van der Waals surface area contributed by atoms with Crippen LogP contribution in [0.15, 0.2) is 48.8 Å². The molecule has 0 radical (unpaired) electrons. The number of nitrogens with one attached hydrogen (secondary N) is 1. The number of nitrogens with two attached hydrogens (primary N) is 1. The van der Waals surface area contributed by atoms with E-state index < -0.39 is 74.1 Å². The maximum Gasteiger partial charge on any atom is 0.459 e. The third-order valence-electron chi connectivity index (χ3n) is 8.58. The van der Waals surface area contributed by atoms with E-state index in [0.29, 0.717) is 18.5 Å². The van der Waals surface area contributed by atoms with Gasteiger partial charge in [-0.2, -0.15) is 15.4 Å². The smallest absolute Gasteiger partial charge is 0.459 e. The number of esters is 3. The van der Waals surface area contributed by atoms with Crippen LogP contribution in [0.3, 0.4) is 0 Å². The number of nitrogens with zero attached hydrogens (tertiary/aromatic N) is 5. The summed E-state index contributed by atoms with van der Waals surface area (Å²) < 4.78 is 51.5. The number of rotatable bonds is 14. The average molecular weight is 742 g/mol. The monoisotopic (exact) mass is 741 g/mol. The van der Waals surface area contributed by atoms with Crippen molar-refractivity contribution in [2.45, 2.75) is 77.1 Å². The zero-order valence-electron chi connectivity index (χ0n) is 29.8. The number of benzene rings is 1. The van der Waals surface area contributed by atoms with E-state index in [2.05, 4.69) is 15.2 Å². The lowest BCUT2D eigenvalue weighted by Gasteiger charge is -2.31. The van der Waals surface area contributed by atoms with Crippen molar-refractivity contribution in [2.24, 2.45) is 11.8 Å². The van der Waals surface area contributed by atoms with Crippen molar-refractivity contribution >= 4 is 37.0 Å². The summed E-state index contributed by atoms with van der Waals surface area (Å²) in [5.41, 5.74) is 4.50. The van der Waals surface area contributed by atoms with Gasteiger partial charge >= 0.3 is 25.7 Å². The second kappa shape index (κ2) is 16.0. The maximum atomic E-state index is 14.5. The molecular formula is C34H44N7O10P. The first kappa shape index (κ1) is 38.6. The van der Waals surface area contributed by atoms with Crippen molar-refractivity contribution in [3.63, 3.8) is 0 Å². The number of carbonyl (C=O) groups excluding carboxylic acids is 3. The molecule has 0 spiro atoms. The molecule has 52 heavy (non-hydrogen) atoms. The molecule has 0 unspecified atom stereocenters. The molecule has 1 aromatic carbocycles. The van der Waals surface area contributed by atoms with E-state index in [-0.39, 0.29) is 23.4 Å². The van der Waals surface area contributed by atoms with Crippen LogP contribution in [0.25, 0.3) is 5.52 Å². The first-order valence-electron chi connectivity index (χ1n) is 16.9. The summed E-state index contributed by atoms with van der Waals surface area (Å²) in [4.78, 5) is 45.5. The van der Waals surface area contributed by atoms with Crippen LogP contribution in [0.1, 0.15) is 52.8 Å². The number of nitrogen functional groups attached to an aromatic ring is 1. The molecule has 0 aliphatic carbocycles. The Kier molecular flexibility index (Phi) is 11.9. The Labute approximate surface area is 301 Å². The molecule has 7 atom stereocenters. The lowest BCUT2D eigenvalue weighted by atomic mass is 9.95. The van der Waals surface area contributed by atoms with Crippen LogP contribution in [0.4, 0.5) is 5.82 Å². The first-order chi connectivity index (χ1) is 24.6. The third-order valence-corrected chi connectivity index (χ3v) is 10.2. The fourth-order valence-corrected chi connectivity index (χ4v) is 7.22. The summed E-state index contributed by atoms with van der Waals surface area (Å²) in [6.45, 7) is 8.30. The Balaban J connectivity index is 1.52. The number of ether oxygens (including phenoxy) is 4. The van der Waals surface area contributed by atoms with E-state index in [1.54, 1.807) is 58.0 Å². The topological polar surface area (TPSA) is 219 Å². The summed E-state index contributed by atoms with van der Waals surface area (Å²) in [5, 5.41) is 17.7. The summed E-state index contributed by atoms with van der Waals surface area (Å²) in [7, 11) is -2.66. The maximum absolute atomic E-state index is 14.5. The molecule has 2 fully saturated rings. The van der Waals surface area contributed by atoms with Crippen molar-refractivity contribution in [1.82, 2.24) is 24.6 Å². The number of hydrogen-bond donors (Lipinski definition) is 2. The van der Waals surface area contributed by atoms with Gasteiger partial charge in [-0.1, -0.05) is 45.9 Å². The third kappa shape index (κ3) is 8.54. The highest BCUT2D eigenvalue weighted by Crippen LogP contribution is 2.50. The highest BCUT2D eigenvalue weighted by molar-refractivity contribution is 7.52. The molecule has 2 aliphatic rings. The van der Waals surface area contributed by atoms with Gasteiger partial charge in [-0.05, 0) is 44.7 Å². The molecule has 0 amide bonds. The van der Waals surface area contributed by atoms with Crippen molar-refractivity contribution < 1.29 is 46.9 Å². The summed E-state index contributed by atoms with van der Waals surface area (Å²) in [6.07, 6.45) is -2.81. The van der Waals surface area contributed by atoms with Gasteiger partial charge in [0.15, 0.2) is 18.0 Å². The van der Waals surface area contributed by atoms with Crippen LogP contribution < -0.4 is 15.3 Å². The van der Waals surface area contributed by atoms with Gasteiger partial charge in [0.1, 0.15) is 48.5 Å². The summed E-state index contributed by atoms with van der Waals surface area (Å²) in [6, 6.07) is 12.1. The molecule has 0 saturated carbocycles. The predicted molar refractivity (Wildman–Crippen MR) is 184 cm³/mol. The lowest BCUT2D eigenvalue weighted by Crippen LogP contribution is -2.50. The number of aromatic nitrogens is 3. The van der Waals surface area contributed by atoms with E-state index in [4.69, 9.17) is 33.7 Å². The average Bonchev–Trinajstić information content (AvgIpc) is 3.80. The predicted octanol–water partition coefficient (Wildman–Crippen LogP) is 3.21. The molecular weight excluding hydrogens is 697 g/mol. The molecule has 3 aromatic rings. The zero-order valence-corrected chi connectivity index (χ0v) is 30.7. The zero-order chi connectivity index (χ0) is 37.8. The minimum absolute atomic E-state index is 0.121. The fraction of sp³-hybridized carbons (Fsp3) is 0.529. The van der Waals surface area contributed by atoms with Crippen molar-refractivity contribution in [3.8, 4) is 11.8 Å². The Morgan fingerprint density at radius 2 is 1.75 bits per heavy atom. The summed E-state index contributed by atoms with van der Waals surface area (Å²) in [5.74, 6) is -3.12. The van der Waals surface area contributed by atoms with E-state index in [0.717, 1.165) is 6.54 Å². The molecule has 4 heterocycles. The molecule has 18 heteroatoms. The number of hydrogen-bond acceptors (Lipinski definition) is 15. The van der Waals surface area contributed by atoms with Gasteiger partial charge in [-0.3, -0.25) is 18.9 Å². The van der Waals surface area contributed by atoms with Gasteiger partial charge in [0, 0.05) is 13.1 Å². The molecule has 17 nitrogen and oxygen atoms in total. The highest BCUT2D eigenvalue weighted by atomic mass is 31.2. The standard InChI is InChI=1S/C34H44N7O10P/c1-20(2)31(42)48-28-27(25-12-13-26-30(36)37-19-38-41(25)26)50-34(17-35,29(28)49-32(43)21(3)4)18-46-52(45,51-23-10-8-7-9-11-23)39-22(5)33(44)47-24-14-15-40(6)16-24/h7-13,19-22,24,27-29H,14-16,18H2,1-6H3,(H,39,45)(H2,36,37,38)/t22-,24-,27-,28-,29-,34+,52+/m0/s1. The summed E-state index contributed by atoms with van der Waals surface area (Å²) >= 11 is 0. The molecule has 2 aliphatic heterocycles.